The summed E-state index contributed by atoms with van der Waals surface area (Å²) in [5, 5.41) is 5.35. The summed E-state index contributed by atoms with van der Waals surface area (Å²) in [6.45, 7) is 3.68. The number of hydrogen-bond donors (Lipinski definition) is 2. The smallest absolute Gasteiger partial charge is 0.407 e. The number of benzene rings is 1. The quantitative estimate of drug-likeness (QED) is 0.736. The van der Waals surface area contributed by atoms with Crippen LogP contribution in [0.4, 0.5) is 16.3 Å². The lowest BCUT2D eigenvalue weighted by Gasteiger charge is -2.37. The van der Waals surface area contributed by atoms with Crippen molar-refractivity contribution in [1.29, 1.82) is 0 Å². The molecule has 30 heavy (non-hydrogen) atoms. The van der Waals surface area contributed by atoms with Crippen LogP contribution in [-0.4, -0.2) is 62.9 Å². The van der Waals surface area contributed by atoms with E-state index in [0.717, 1.165) is 49.0 Å². The number of aromatic nitrogens is 1. The lowest BCUT2D eigenvalue weighted by Crippen LogP contribution is -2.47. The summed E-state index contributed by atoms with van der Waals surface area (Å²) in [7, 11) is 1.69. The van der Waals surface area contributed by atoms with E-state index in [1.54, 1.807) is 13.3 Å². The van der Waals surface area contributed by atoms with Crippen molar-refractivity contribution in [1.82, 2.24) is 15.6 Å². The molecule has 3 heterocycles. The van der Waals surface area contributed by atoms with Crippen LogP contribution in [0.5, 0.6) is 5.75 Å². The molecule has 2 amide bonds. The minimum absolute atomic E-state index is 0.0511. The van der Waals surface area contributed by atoms with Crippen molar-refractivity contribution in [3.8, 4) is 5.75 Å². The molecule has 1 atom stereocenters. The summed E-state index contributed by atoms with van der Waals surface area (Å²) >= 11 is 0. The number of cyclic esters (lactones) is 1. The maximum atomic E-state index is 12.3. The third-order valence-electron chi connectivity index (χ3n) is 5.32. The van der Waals surface area contributed by atoms with Gasteiger partial charge in [-0.05, 0) is 18.2 Å². The van der Waals surface area contributed by atoms with E-state index < -0.39 is 12.1 Å². The SMILES string of the molecule is COc1ccccc1N1CCN(c2ncccc2CNC(=O)[C@H]2COC(=O)N2)CC1. The van der Waals surface area contributed by atoms with Gasteiger partial charge in [-0.2, -0.15) is 0 Å². The molecular weight excluding hydrogens is 386 g/mol. The molecule has 0 unspecified atom stereocenters. The largest absolute Gasteiger partial charge is 0.495 e. The van der Waals surface area contributed by atoms with Crippen molar-refractivity contribution in [3.05, 3.63) is 48.2 Å². The van der Waals surface area contributed by atoms with Crippen molar-refractivity contribution in [2.75, 3.05) is 49.7 Å². The Balaban J connectivity index is 1.38. The fourth-order valence-corrected chi connectivity index (χ4v) is 3.73. The number of para-hydroxylation sites is 2. The van der Waals surface area contributed by atoms with Crippen LogP contribution in [0.3, 0.4) is 0 Å². The molecule has 0 aliphatic carbocycles. The van der Waals surface area contributed by atoms with Crippen LogP contribution in [0.1, 0.15) is 5.56 Å². The van der Waals surface area contributed by atoms with E-state index in [1.165, 1.54) is 0 Å². The number of nitrogens with one attached hydrogen (secondary N) is 2. The second kappa shape index (κ2) is 8.89. The van der Waals surface area contributed by atoms with Crippen molar-refractivity contribution in [3.63, 3.8) is 0 Å². The number of nitrogens with zero attached hydrogens (tertiary/aromatic N) is 3. The minimum Gasteiger partial charge on any atom is -0.495 e. The number of carbonyl (C=O) groups is 2. The molecule has 1 aromatic heterocycles. The Labute approximate surface area is 175 Å². The van der Waals surface area contributed by atoms with Crippen LogP contribution in [-0.2, 0) is 16.1 Å². The Hall–Kier alpha value is -3.49. The van der Waals surface area contributed by atoms with Crippen molar-refractivity contribution < 1.29 is 19.1 Å². The first-order valence-corrected chi connectivity index (χ1v) is 9.93. The van der Waals surface area contributed by atoms with Gasteiger partial charge in [-0.3, -0.25) is 4.79 Å². The minimum atomic E-state index is -0.651. The van der Waals surface area contributed by atoms with Gasteiger partial charge >= 0.3 is 6.09 Å². The molecule has 4 rings (SSSR count). The van der Waals surface area contributed by atoms with Crippen LogP contribution in [0.15, 0.2) is 42.6 Å². The van der Waals surface area contributed by atoms with Crippen LogP contribution in [0, 0.1) is 0 Å². The summed E-state index contributed by atoms with van der Waals surface area (Å²) < 4.78 is 10.3. The fourth-order valence-electron chi connectivity index (χ4n) is 3.73. The van der Waals surface area contributed by atoms with E-state index in [-0.39, 0.29) is 12.5 Å². The van der Waals surface area contributed by atoms with Gasteiger partial charge < -0.3 is 29.9 Å². The number of pyridine rings is 1. The number of rotatable bonds is 6. The van der Waals surface area contributed by atoms with Gasteiger partial charge in [0, 0.05) is 44.5 Å². The first-order chi connectivity index (χ1) is 14.7. The number of piperazine rings is 1. The molecular formula is C21H25N5O4. The summed E-state index contributed by atoms with van der Waals surface area (Å²) in [5.41, 5.74) is 2.02. The summed E-state index contributed by atoms with van der Waals surface area (Å²) in [6, 6.07) is 11.2. The first-order valence-electron chi connectivity index (χ1n) is 9.93. The van der Waals surface area contributed by atoms with Crippen molar-refractivity contribution >= 4 is 23.5 Å². The third-order valence-corrected chi connectivity index (χ3v) is 5.32. The summed E-state index contributed by atoms with van der Waals surface area (Å²) in [4.78, 5) is 32.5. The van der Waals surface area contributed by atoms with Crippen LogP contribution < -0.4 is 25.2 Å². The molecule has 2 fully saturated rings. The summed E-state index contributed by atoms with van der Waals surface area (Å²) in [5.74, 6) is 1.47. The number of hydrogen-bond acceptors (Lipinski definition) is 7. The number of anilines is 2. The average molecular weight is 411 g/mol. The van der Waals surface area contributed by atoms with E-state index >= 15 is 0 Å². The molecule has 2 saturated heterocycles. The van der Waals surface area contributed by atoms with Gasteiger partial charge in [0.15, 0.2) is 0 Å². The van der Waals surface area contributed by atoms with E-state index in [9.17, 15) is 9.59 Å². The predicted molar refractivity (Wildman–Crippen MR) is 112 cm³/mol. The lowest BCUT2D eigenvalue weighted by molar-refractivity contribution is -0.122. The Bertz CT molecular complexity index is 914. The lowest BCUT2D eigenvalue weighted by atomic mass is 10.2. The molecule has 2 aliphatic rings. The van der Waals surface area contributed by atoms with Crippen molar-refractivity contribution in [2.45, 2.75) is 12.6 Å². The number of ether oxygens (including phenoxy) is 2. The maximum absolute atomic E-state index is 12.3. The molecule has 9 heteroatoms. The zero-order valence-electron chi connectivity index (χ0n) is 16.8. The molecule has 0 saturated carbocycles. The first kappa shape index (κ1) is 19.8. The van der Waals surface area contributed by atoms with Gasteiger partial charge in [-0.1, -0.05) is 18.2 Å². The predicted octanol–water partition coefficient (Wildman–Crippen LogP) is 1.14. The third kappa shape index (κ3) is 4.24. The number of methoxy groups -OCH3 is 1. The topological polar surface area (TPSA) is 96.0 Å². The van der Waals surface area contributed by atoms with E-state index in [1.807, 2.05) is 30.3 Å². The zero-order chi connectivity index (χ0) is 20.9. The van der Waals surface area contributed by atoms with Crippen LogP contribution in [0.25, 0.3) is 0 Å². The Morgan fingerprint density at radius 3 is 2.70 bits per heavy atom. The van der Waals surface area contributed by atoms with Gasteiger partial charge in [0.05, 0.1) is 12.8 Å². The molecule has 0 bridgehead atoms. The van der Waals surface area contributed by atoms with E-state index in [4.69, 9.17) is 9.47 Å². The second-order valence-electron chi connectivity index (χ2n) is 7.15. The Morgan fingerprint density at radius 1 is 1.20 bits per heavy atom. The molecule has 1 aromatic carbocycles. The molecule has 2 N–H and O–H groups in total. The standard InChI is InChI=1S/C21H25N5O4/c1-29-18-7-3-2-6-17(18)25-9-11-26(12-10-25)19-15(5-4-8-22-19)13-23-20(27)16-14-30-21(28)24-16/h2-8,16H,9-14H2,1H3,(H,23,27)(H,24,28)/t16-/m1/s1. The normalized spacial score (nSPS) is 18.6. The second-order valence-corrected chi connectivity index (χ2v) is 7.15. The molecule has 0 radical (unpaired) electrons. The van der Waals surface area contributed by atoms with Gasteiger partial charge in [-0.15, -0.1) is 0 Å². The Kier molecular flexibility index (Phi) is 5.87. The van der Waals surface area contributed by atoms with E-state index in [2.05, 4.69) is 31.5 Å². The number of amides is 2. The monoisotopic (exact) mass is 411 g/mol. The van der Waals surface area contributed by atoms with Crippen molar-refractivity contribution in [2.24, 2.45) is 0 Å². The maximum Gasteiger partial charge on any atom is 0.407 e. The van der Waals surface area contributed by atoms with E-state index in [0.29, 0.717) is 6.54 Å². The van der Waals surface area contributed by atoms with Crippen LogP contribution in [0.2, 0.25) is 0 Å². The molecule has 0 spiro atoms. The fraction of sp³-hybridized carbons (Fsp3) is 0.381. The molecule has 2 aliphatic heterocycles. The Morgan fingerprint density at radius 2 is 1.97 bits per heavy atom. The zero-order valence-corrected chi connectivity index (χ0v) is 16.8. The highest BCUT2D eigenvalue weighted by Crippen LogP contribution is 2.29. The van der Waals surface area contributed by atoms with Gasteiger partial charge in [0.2, 0.25) is 5.91 Å². The van der Waals surface area contributed by atoms with Gasteiger partial charge in [0.1, 0.15) is 24.2 Å². The van der Waals surface area contributed by atoms with Gasteiger partial charge in [0.25, 0.3) is 0 Å². The number of carbonyl (C=O) groups excluding carboxylic acids is 2. The molecule has 158 valence electrons. The molecule has 9 nitrogen and oxygen atoms in total. The average Bonchev–Trinajstić information content (AvgIpc) is 3.24. The molecule has 2 aromatic rings. The highest BCUT2D eigenvalue weighted by molar-refractivity contribution is 5.87. The van der Waals surface area contributed by atoms with Gasteiger partial charge in [-0.25, -0.2) is 9.78 Å². The van der Waals surface area contributed by atoms with Crippen LogP contribution >= 0.6 is 0 Å². The highest BCUT2D eigenvalue weighted by Gasteiger charge is 2.29. The highest BCUT2D eigenvalue weighted by atomic mass is 16.6. The summed E-state index contributed by atoms with van der Waals surface area (Å²) in [6.07, 6.45) is 1.20. The number of alkyl carbamates (subject to hydrolysis) is 1.